The van der Waals surface area contributed by atoms with E-state index in [1.807, 2.05) is 0 Å². The molecule has 4 rings (SSSR count). The molecule has 4 fully saturated rings. The molecule has 0 saturated heterocycles. The molecule has 20 heavy (non-hydrogen) atoms. The number of aliphatic hydroxyl groups excluding tert-OH is 1. The van der Waals surface area contributed by atoms with E-state index in [-0.39, 0.29) is 6.10 Å². The first-order valence-corrected chi connectivity index (χ1v) is 9.21. The van der Waals surface area contributed by atoms with Crippen LogP contribution < -0.4 is 0 Å². The van der Waals surface area contributed by atoms with E-state index in [0.29, 0.717) is 10.8 Å². The molecule has 1 N–H and O–H groups in total. The smallest absolute Gasteiger partial charge is 0.0545 e. The lowest BCUT2D eigenvalue weighted by Crippen LogP contribution is -2.53. The van der Waals surface area contributed by atoms with Crippen molar-refractivity contribution in [3.8, 4) is 0 Å². The lowest BCUT2D eigenvalue weighted by atomic mass is 9.45. The quantitative estimate of drug-likeness (QED) is 0.675. The predicted molar refractivity (Wildman–Crippen MR) is 82.4 cm³/mol. The molecular formula is C19H32O. The topological polar surface area (TPSA) is 20.2 Å². The SMILES string of the molecule is C[C@@]12CCC[C@H]1[C@@H]1CCC3CC[C@@H](O)C[C@]3(C)[C@H]1CC2. The Morgan fingerprint density at radius 1 is 0.850 bits per heavy atom. The van der Waals surface area contributed by atoms with Gasteiger partial charge in [-0.1, -0.05) is 20.3 Å². The van der Waals surface area contributed by atoms with E-state index < -0.39 is 0 Å². The maximum absolute atomic E-state index is 10.2. The highest BCUT2D eigenvalue weighted by Gasteiger charge is 2.57. The molecule has 0 aromatic carbocycles. The van der Waals surface area contributed by atoms with E-state index in [4.69, 9.17) is 0 Å². The minimum Gasteiger partial charge on any atom is -0.393 e. The molecule has 1 unspecified atom stereocenters. The monoisotopic (exact) mass is 276 g/mol. The predicted octanol–water partition coefficient (Wildman–Crippen LogP) is 4.78. The summed E-state index contributed by atoms with van der Waals surface area (Å²) in [5.74, 6) is 3.84. The van der Waals surface area contributed by atoms with Gasteiger partial charge in [0.1, 0.15) is 0 Å². The molecule has 0 aliphatic heterocycles. The summed E-state index contributed by atoms with van der Waals surface area (Å²) in [6.45, 7) is 5.14. The van der Waals surface area contributed by atoms with Crippen molar-refractivity contribution in [2.75, 3.05) is 0 Å². The summed E-state index contributed by atoms with van der Waals surface area (Å²) in [5.41, 5.74) is 1.14. The number of rotatable bonds is 0. The highest BCUT2D eigenvalue weighted by atomic mass is 16.3. The van der Waals surface area contributed by atoms with Gasteiger partial charge in [-0.2, -0.15) is 0 Å². The first kappa shape index (κ1) is 13.6. The van der Waals surface area contributed by atoms with E-state index in [1.165, 1.54) is 51.4 Å². The van der Waals surface area contributed by atoms with Crippen LogP contribution in [0, 0.1) is 34.5 Å². The summed E-state index contributed by atoms with van der Waals surface area (Å²) in [5, 5.41) is 10.2. The minimum absolute atomic E-state index is 0.00751. The zero-order chi connectivity index (χ0) is 14.0. The molecule has 1 heteroatoms. The third-order valence-corrected chi connectivity index (χ3v) is 8.37. The fourth-order valence-electron chi connectivity index (χ4n) is 7.32. The number of hydrogen-bond acceptors (Lipinski definition) is 1. The van der Waals surface area contributed by atoms with Crippen LogP contribution in [0.4, 0.5) is 0 Å². The normalized spacial score (nSPS) is 58.6. The molecule has 0 aromatic rings. The zero-order valence-electron chi connectivity index (χ0n) is 13.4. The van der Waals surface area contributed by atoms with Crippen LogP contribution in [0.25, 0.3) is 0 Å². The van der Waals surface area contributed by atoms with Crippen molar-refractivity contribution < 1.29 is 5.11 Å². The molecular weight excluding hydrogens is 244 g/mol. The van der Waals surface area contributed by atoms with E-state index in [1.54, 1.807) is 0 Å². The fraction of sp³-hybridized carbons (Fsp3) is 1.00. The molecule has 114 valence electrons. The summed E-state index contributed by atoms with van der Waals surface area (Å²) in [7, 11) is 0. The van der Waals surface area contributed by atoms with Crippen molar-refractivity contribution in [2.45, 2.75) is 84.2 Å². The molecule has 0 heterocycles. The third kappa shape index (κ3) is 1.77. The Kier molecular flexibility index (Phi) is 3.05. The lowest BCUT2D eigenvalue weighted by Gasteiger charge is -2.60. The Hall–Kier alpha value is -0.0400. The van der Waals surface area contributed by atoms with Crippen molar-refractivity contribution in [1.29, 1.82) is 0 Å². The molecule has 7 atom stereocenters. The Bertz CT molecular complexity index is 391. The van der Waals surface area contributed by atoms with Crippen molar-refractivity contribution in [2.24, 2.45) is 34.5 Å². The van der Waals surface area contributed by atoms with Gasteiger partial charge in [0.25, 0.3) is 0 Å². The van der Waals surface area contributed by atoms with Crippen LogP contribution in [0.2, 0.25) is 0 Å². The van der Waals surface area contributed by atoms with Gasteiger partial charge in [-0.3, -0.25) is 0 Å². The van der Waals surface area contributed by atoms with E-state index in [0.717, 1.165) is 36.5 Å². The van der Waals surface area contributed by atoms with E-state index in [2.05, 4.69) is 13.8 Å². The van der Waals surface area contributed by atoms with E-state index in [9.17, 15) is 5.11 Å². The Labute approximate surface area is 124 Å². The summed E-state index contributed by atoms with van der Waals surface area (Å²) < 4.78 is 0. The number of fused-ring (bicyclic) bond motifs is 5. The molecule has 0 radical (unpaired) electrons. The zero-order valence-corrected chi connectivity index (χ0v) is 13.4. The number of hydrogen-bond donors (Lipinski definition) is 1. The van der Waals surface area contributed by atoms with Gasteiger partial charge in [-0.05, 0) is 92.3 Å². The van der Waals surface area contributed by atoms with Crippen LogP contribution >= 0.6 is 0 Å². The molecule has 0 spiro atoms. The average molecular weight is 276 g/mol. The second kappa shape index (κ2) is 4.48. The maximum Gasteiger partial charge on any atom is 0.0545 e. The van der Waals surface area contributed by atoms with Crippen LogP contribution in [0.3, 0.4) is 0 Å². The second-order valence-corrected chi connectivity index (χ2v) is 9.18. The van der Waals surface area contributed by atoms with Crippen molar-refractivity contribution >= 4 is 0 Å². The molecule has 0 aromatic heterocycles. The van der Waals surface area contributed by atoms with Crippen LogP contribution in [0.1, 0.15) is 78.1 Å². The standard InChI is InChI=1S/C19H32O/c1-18-10-3-4-16(18)15-8-6-13-5-7-14(20)12-19(13,2)17(15)9-11-18/h13-17,20H,3-12H2,1-2H3/t13?,14-,15+,16+,17+,18+,19+/m1/s1. The van der Waals surface area contributed by atoms with Crippen LogP contribution in [-0.2, 0) is 0 Å². The van der Waals surface area contributed by atoms with Gasteiger partial charge in [0.15, 0.2) is 0 Å². The second-order valence-electron chi connectivity index (χ2n) is 9.18. The fourth-order valence-corrected chi connectivity index (χ4v) is 7.32. The highest BCUT2D eigenvalue weighted by Crippen LogP contribution is 2.66. The maximum atomic E-state index is 10.2. The lowest BCUT2D eigenvalue weighted by molar-refractivity contribution is -0.124. The summed E-state index contributed by atoms with van der Waals surface area (Å²) >= 11 is 0. The molecule has 0 amide bonds. The van der Waals surface area contributed by atoms with Gasteiger partial charge in [0.2, 0.25) is 0 Å². The summed E-state index contributed by atoms with van der Waals surface area (Å²) in [4.78, 5) is 0. The van der Waals surface area contributed by atoms with Crippen molar-refractivity contribution in [3.05, 3.63) is 0 Å². The van der Waals surface area contributed by atoms with Crippen LogP contribution in [0.15, 0.2) is 0 Å². The minimum atomic E-state index is -0.00751. The van der Waals surface area contributed by atoms with Crippen LogP contribution in [-0.4, -0.2) is 11.2 Å². The summed E-state index contributed by atoms with van der Waals surface area (Å²) in [6, 6.07) is 0. The Morgan fingerprint density at radius 3 is 2.50 bits per heavy atom. The van der Waals surface area contributed by atoms with Crippen molar-refractivity contribution in [3.63, 3.8) is 0 Å². The largest absolute Gasteiger partial charge is 0.393 e. The van der Waals surface area contributed by atoms with E-state index >= 15 is 0 Å². The van der Waals surface area contributed by atoms with Crippen molar-refractivity contribution in [1.82, 2.24) is 0 Å². The Balaban J connectivity index is 1.64. The molecule has 4 aliphatic carbocycles. The molecule has 4 aliphatic rings. The van der Waals surface area contributed by atoms with Crippen LogP contribution in [0.5, 0.6) is 0 Å². The first-order chi connectivity index (χ1) is 9.53. The van der Waals surface area contributed by atoms with Gasteiger partial charge in [0, 0.05) is 0 Å². The summed E-state index contributed by atoms with van der Waals surface area (Å²) in [6.07, 6.45) is 13.8. The van der Waals surface area contributed by atoms with Gasteiger partial charge in [0.05, 0.1) is 6.10 Å². The van der Waals surface area contributed by atoms with Gasteiger partial charge < -0.3 is 5.11 Å². The Morgan fingerprint density at radius 2 is 1.65 bits per heavy atom. The molecule has 1 nitrogen and oxygen atoms in total. The first-order valence-electron chi connectivity index (χ1n) is 9.21. The van der Waals surface area contributed by atoms with Gasteiger partial charge in [-0.25, -0.2) is 0 Å². The average Bonchev–Trinajstić information content (AvgIpc) is 2.79. The molecule has 0 bridgehead atoms. The highest BCUT2D eigenvalue weighted by molar-refractivity contribution is 5.07. The molecule has 4 saturated carbocycles. The van der Waals surface area contributed by atoms with Gasteiger partial charge >= 0.3 is 0 Å². The third-order valence-electron chi connectivity index (χ3n) is 8.37. The number of aliphatic hydroxyl groups is 1. The van der Waals surface area contributed by atoms with Gasteiger partial charge in [-0.15, -0.1) is 0 Å².